The highest BCUT2D eigenvalue weighted by atomic mass is 16.5. The van der Waals surface area contributed by atoms with E-state index in [2.05, 4.69) is 5.32 Å². The average molecular weight is 304 g/mol. The first-order valence-corrected chi connectivity index (χ1v) is 7.34. The van der Waals surface area contributed by atoms with Gasteiger partial charge < -0.3 is 15.0 Å². The number of carbonyl (C=O) groups is 3. The fourth-order valence-electron chi connectivity index (χ4n) is 2.26. The Bertz CT molecular complexity index is 534. The molecule has 2 amide bonds. The largest absolute Gasteiger partial charge is 0.484 e. The quantitative estimate of drug-likeness (QED) is 0.871. The second kappa shape index (κ2) is 7.59. The number of ketones is 1. The van der Waals surface area contributed by atoms with Crippen molar-refractivity contribution in [3.63, 3.8) is 0 Å². The lowest BCUT2D eigenvalue weighted by Crippen LogP contribution is -2.50. The summed E-state index contributed by atoms with van der Waals surface area (Å²) >= 11 is 0. The van der Waals surface area contributed by atoms with E-state index in [0.717, 1.165) is 0 Å². The predicted octanol–water partition coefficient (Wildman–Crippen LogP) is 0.762. The highest BCUT2D eigenvalue weighted by Gasteiger charge is 2.25. The number of amides is 2. The minimum atomic E-state index is -0.625. The molecule has 0 aliphatic carbocycles. The van der Waals surface area contributed by atoms with Crippen LogP contribution >= 0.6 is 0 Å². The second-order valence-corrected chi connectivity index (χ2v) is 5.25. The van der Waals surface area contributed by atoms with Crippen LogP contribution < -0.4 is 10.1 Å². The van der Waals surface area contributed by atoms with Gasteiger partial charge >= 0.3 is 0 Å². The number of benzene rings is 1. The van der Waals surface area contributed by atoms with Crippen LogP contribution in [-0.4, -0.2) is 48.2 Å². The number of Topliss-reactive ketones (excluding diaryl/α,β-unsaturated/α-hetero) is 1. The topological polar surface area (TPSA) is 75.7 Å². The number of ether oxygens (including phenoxy) is 1. The fourth-order valence-corrected chi connectivity index (χ4v) is 2.26. The van der Waals surface area contributed by atoms with Crippen molar-refractivity contribution in [1.82, 2.24) is 10.2 Å². The molecule has 1 aromatic rings. The van der Waals surface area contributed by atoms with Crippen LogP contribution in [0.4, 0.5) is 0 Å². The predicted molar refractivity (Wildman–Crippen MR) is 80.4 cm³/mol. The van der Waals surface area contributed by atoms with Gasteiger partial charge in [0, 0.05) is 25.9 Å². The maximum atomic E-state index is 12.2. The van der Waals surface area contributed by atoms with Crippen molar-refractivity contribution in [3.8, 4) is 5.75 Å². The number of hydrogen-bond acceptors (Lipinski definition) is 4. The summed E-state index contributed by atoms with van der Waals surface area (Å²) in [5.41, 5.74) is 0. The van der Waals surface area contributed by atoms with Crippen LogP contribution in [0.25, 0.3) is 0 Å². The van der Waals surface area contributed by atoms with Gasteiger partial charge in [-0.25, -0.2) is 0 Å². The molecule has 6 nitrogen and oxygen atoms in total. The van der Waals surface area contributed by atoms with Crippen molar-refractivity contribution < 1.29 is 19.1 Å². The summed E-state index contributed by atoms with van der Waals surface area (Å²) in [4.78, 5) is 36.8. The molecule has 0 bridgehead atoms. The molecular weight excluding hydrogens is 284 g/mol. The van der Waals surface area contributed by atoms with E-state index < -0.39 is 6.04 Å². The van der Waals surface area contributed by atoms with Gasteiger partial charge in [0.25, 0.3) is 5.91 Å². The second-order valence-electron chi connectivity index (χ2n) is 5.25. The molecular formula is C16H20N2O4. The van der Waals surface area contributed by atoms with Crippen LogP contribution in [0, 0.1) is 0 Å². The number of carbonyl (C=O) groups excluding carboxylic acids is 3. The molecule has 0 saturated carbocycles. The summed E-state index contributed by atoms with van der Waals surface area (Å²) in [5.74, 6) is 0.265. The molecule has 1 aliphatic rings. The van der Waals surface area contributed by atoms with Gasteiger partial charge in [-0.15, -0.1) is 0 Å². The maximum Gasteiger partial charge on any atom is 0.258 e. The summed E-state index contributed by atoms with van der Waals surface area (Å²) in [7, 11) is 0. The first kappa shape index (κ1) is 16.0. The summed E-state index contributed by atoms with van der Waals surface area (Å²) in [6, 6.07) is 8.38. The van der Waals surface area contributed by atoms with Gasteiger partial charge in [-0.3, -0.25) is 14.4 Å². The zero-order chi connectivity index (χ0) is 15.9. The Morgan fingerprint density at radius 2 is 1.86 bits per heavy atom. The van der Waals surface area contributed by atoms with E-state index in [0.29, 0.717) is 31.7 Å². The van der Waals surface area contributed by atoms with Gasteiger partial charge in [0.1, 0.15) is 17.6 Å². The van der Waals surface area contributed by atoms with E-state index in [-0.39, 0.29) is 24.2 Å². The van der Waals surface area contributed by atoms with E-state index in [1.54, 1.807) is 24.0 Å². The molecule has 0 radical (unpaired) electrons. The lowest BCUT2D eigenvalue weighted by Gasteiger charge is -2.28. The van der Waals surface area contributed by atoms with Crippen LogP contribution in [-0.2, 0) is 14.4 Å². The van der Waals surface area contributed by atoms with Crippen LogP contribution in [0.5, 0.6) is 5.75 Å². The third-order valence-corrected chi connectivity index (χ3v) is 3.49. The van der Waals surface area contributed by atoms with Gasteiger partial charge in [0.2, 0.25) is 5.91 Å². The molecule has 1 aliphatic heterocycles. The Labute approximate surface area is 129 Å². The Hall–Kier alpha value is -2.37. The fraction of sp³-hybridized carbons (Fsp3) is 0.438. The van der Waals surface area contributed by atoms with Gasteiger partial charge in [0.05, 0.1) is 0 Å². The van der Waals surface area contributed by atoms with Crippen molar-refractivity contribution in [3.05, 3.63) is 30.3 Å². The molecule has 1 atom stereocenters. The summed E-state index contributed by atoms with van der Waals surface area (Å²) < 4.78 is 5.33. The van der Waals surface area contributed by atoms with E-state index in [9.17, 15) is 14.4 Å². The summed E-state index contributed by atoms with van der Waals surface area (Å²) in [6.45, 7) is 2.36. The lowest BCUT2D eigenvalue weighted by molar-refractivity contribution is -0.138. The third-order valence-electron chi connectivity index (χ3n) is 3.49. The van der Waals surface area contributed by atoms with E-state index >= 15 is 0 Å². The van der Waals surface area contributed by atoms with Crippen molar-refractivity contribution in [1.29, 1.82) is 0 Å². The van der Waals surface area contributed by atoms with E-state index in [1.165, 1.54) is 0 Å². The number of rotatable bonds is 5. The first-order chi connectivity index (χ1) is 10.6. The Balaban J connectivity index is 1.75. The minimum absolute atomic E-state index is 0.139. The number of likely N-dealkylation sites (tertiary alicyclic amines) is 1. The van der Waals surface area contributed by atoms with Gasteiger partial charge in [-0.1, -0.05) is 18.2 Å². The normalized spacial score (nSPS) is 16.0. The highest BCUT2D eigenvalue weighted by Crippen LogP contribution is 2.09. The molecule has 118 valence electrons. The molecule has 1 fully saturated rings. The Morgan fingerprint density at radius 3 is 2.50 bits per heavy atom. The van der Waals surface area contributed by atoms with Crippen LogP contribution in [0.15, 0.2) is 30.3 Å². The number of piperidine rings is 1. The molecule has 22 heavy (non-hydrogen) atoms. The SMILES string of the molecule is CC(NC(=O)COc1ccccc1)C(=O)N1CCC(=O)CC1. The van der Waals surface area contributed by atoms with Crippen molar-refractivity contribution in [2.24, 2.45) is 0 Å². The Kier molecular flexibility index (Phi) is 5.52. The lowest BCUT2D eigenvalue weighted by atomic mass is 10.1. The molecule has 1 unspecified atom stereocenters. The minimum Gasteiger partial charge on any atom is -0.484 e. The van der Waals surface area contributed by atoms with Crippen LogP contribution in [0.1, 0.15) is 19.8 Å². The van der Waals surface area contributed by atoms with Crippen molar-refractivity contribution >= 4 is 17.6 Å². The van der Waals surface area contributed by atoms with E-state index in [1.807, 2.05) is 18.2 Å². The smallest absolute Gasteiger partial charge is 0.258 e. The molecule has 1 N–H and O–H groups in total. The first-order valence-electron chi connectivity index (χ1n) is 7.34. The zero-order valence-electron chi connectivity index (χ0n) is 12.6. The monoisotopic (exact) mass is 304 g/mol. The summed E-state index contributed by atoms with van der Waals surface area (Å²) in [5, 5.41) is 2.62. The Morgan fingerprint density at radius 1 is 1.23 bits per heavy atom. The molecule has 1 saturated heterocycles. The third kappa shape index (κ3) is 4.58. The van der Waals surface area contributed by atoms with E-state index in [4.69, 9.17) is 4.74 Å². The standard InChI is InChI=1S/C16H20N2O4/c1-12(16(21)18-9-7-13(19)8-10-18)17-15(20)11-22-14-5-3-2-4-6-14/h2-6,12H,7-11H2,1H3,(H,17,20). The molecule has 0 aromatic heterocycles. The van der Waals surface area contributed by atoms with Crippen molar-refractivity contribution in [2.75, 3.05) is 19.7 Å². The number of para-hydroxylation sites is 1. The van der Waals surface area contributed by atoms with Gasteiger partial charge in [0.15, 0.2) is 6.61 Å². The number of nitrogens with one attached hydrogen (secondary N) is 1. The molecule has 1 heterocycles. The average Bonchev–Trinajstić information content (AvgIpc) is 2.54. The van der Waals surface area contributed by atoms with Crippen LogP contribution in [0.2, 0.25) is 0 Å². The zero-order valence-corrected chi connectivity index (χ0v) is 12.6. The van der Waals surface area contributed by atoms with Gasteiger partial charge in [-0.2, -0.15) is 0 Å². The number of hydrogen-bond donors (Lipinski definition) is 1. The number of nitrogens with zero attached hydrogens (tertiary/aromatic N) is 1. The molecule has 1 aromatic carbocycles. The summed E-state index contributed by atoms with van der Waals surface area (Å²) in [6.07, 6.45) is 0.785. The van der Waals surface area contributed by atoms with Crippen molar-refractivity contribution in [2.45, 2.75) is 25.8 Å². The highest BCUT2D eigenvalue weighted by molar-refractivity contribution is 5.89. The molecule has 2 rings (SSSR count). The maximum absolute atomic E-state index is 12.2. The molecule has 0 spiro atoms. The molecule has 6 heteroatoms. The van der Waals surface area contributed by atoms with Crippen LogP contribution in [0.3, 0.4) is 0 Å². The van der Waals surface area contributed by atoms with Gasteiger partial charge in [-0.05, 0) is 19.1 Å².